The van der Waals surface area contributed by atoms with Crippen LogP contribution in [0.1, 0.15) is 17.5 Å². The van der Waals surface area contributed by atoms with Gasteiger partial charge in [-0.25, -0.2) is 4.79 Å². The van der Waals surface area contributed by atoms with Crippen LogP contribution in [-0.4, -0.2) is 53.5 Å². The van der Waals surface area contributed by atoms with E-state index >= 15 is 0 Å². The second kappa shape index (κ2) is 6.05. The molecule has 0 saturated carbocycles. The van der Waals surface area contributed by atoms with Gasteiger partial charge in [-0.3, -0.25) is 4.79 Å². The average molecular weight is 276 g/mol. The molecule has 0 fully saturated rings. The fourth-order valence-electron chi connectivity index (χ4n) is 2.47. The largest absolute Gasteiger partial charge is 0.480 e. The summed E-state index contributed by atoms with van der Waals surface area (Å²) in [6.45, 7) is 1.02. The van der Waals surface area contributed by atoms with Crippen LogP contribution in [-0.2, 0) is 22.6 Å². The number of hydrogen-bond acceptors (Lipinski definition) is 3. The lowest BCUT2D eigenvalue weighted by molar-refractivity contribution is -0.151. The van der Waals surface area contributed by atoms with Crippen LogP contribution in [0.15, 0.2) is 24.3 Å². The van der Waals surface area contributed by atoms with E-state index in [1.54, 1.807) is 0 Å². The normalized spacial score (nSPS) is 17.9. The second-order valence-electron chi connectivity index (χ2n) is 5.40. The number of hydrogen-bond donors (Lipinski definition) is 1. The summed E-state index contributed by atoms with van der Waals surface area (Å²) in [5, 5.41) is 9.36. The standard InChI is InChI=1S/C15H20N2O3/c1-16(2)8-7-14(18)17-10-12-6-4-3-5-11(12)9-13(17)15(19)20/h3-6,13H,7-10H2,1-2H3,(H,19,20). The molecule has 0 spiro atoms. The molecule has 1 atom stereocenters. The van der Waals surface area contributed by atoms with Gasteiger partial charge in [-0.05, 0) is 25.2 Å². The summed E-state index contributed by atoms with van der Waals surface area (Å²) >= 11 is 0. The van der Waals surface area contributed by atoms with E-state index < -0.39 is 12.0 Å². The molecule has 5 nitrogen and oxygen atoms in total. The van der Waals surface area contributed by atoms with Crippen molar-refractivity contribution in [3.05, 3.63) is 35.4 Å². The van der Waals surface area contributed by atoms with Gasteiger partial charge < -0.3 is 14.9 Å². The molecular weight excluding hydrogens is 256 g/mol. The first-order valence-corrected chi connectivity index (χ1v) is 6.73. The van der Waals surface area contributed by atoms with Gasteiger partial charge in [0.05, 0.1) is 0 Å². The summed E-state index contributed by atoms with van der Waals surface area (Å²) in [7, 11) is 3.79. The third-order valence-corrected chi connectivity index (χ3v) is 3.63. The molecule has 0 aliphatic carbocycles. The van der Waals surface area contributed by atoms with E-state index in [1.807, 2.05) is 43.3 Å². The molecule has 0 saturated heterocycles. The lowest BCUT2D eigenvalue weighted by atomic mass is 9.93. The molecule has 1 aromatic rings. The van der Waals surface area contributed by atoms with Gasteiger partial charge in [-0.2, -0.15) is 0 Å². The Hall–Kier alpha value is -1.88. The van der Waals surface area contributed by atoms with Crippen molar-refractivity contribution in [2.75, 3.05) is 20.6 Å². The van der Waals surface area contributed by atoms with Crippen molar-refractivity contribution in [1.29, 1.82) is 0 Å². The number of carboxylic acids is 1. The zero-order chi connectivity index (χ0) is 14.7. The Balaban J connectivity index is 2.18. The van der Waals surface area contributed by atoms with Crippen molar-refractivity contribution in [3.8, 4) is 0 Å². The summed E-state index contributed by atoms with van der Waals surface area (Å²) in [5.41, 5.74) is 2.07. The van der Waals surface area contributed by atoms with Gasteiger partial charge in [0.15, 0.2) is 0 Å². The van der Waals surface area contributed by atoms with Gasteiger partial charge >= 0.3 is 5.97 Å². The first kappa shape index (κ1) is 14.5. The molecule has 1 unspecified atom stereocenters. The fourth-order valence-corrected chi connectivity index (χ4v) is 2.47. The fraction of sp³-hybridized carbons (Fsp3) is 0.467. The SMILES string of the molecule is CN(C)CCC(=O)N1Cc2ccccc2CC1C(=O)O. The highest BCUT2D eigenvalue weighted by Gasteiger charge is 2.33. The van der Waals surface area contributed by atoms with Crippen molar-refractivity contribution >= 4 is 11.9 Å². The number of amides is 1. The van der Waals surface area contributed by atoms with E-state index in [4.69, 9.17) is 0 Å². The van der Waals surface area contributed by atoms with Crippen LogP contribution in [0.4, 0.5) is 0 Å². The minimum atomic E-state index is -0.933. The van der Waals surface area contributed by atoms with Crippen molar-refractivity contribution in [1.82, 2.24) is 9.80 Å². The molecule has 2 rings (SSSR count). The topological polar surface area (TPSA) is 60.9 Å². The Morgan fingerprint density at radius 1 is 1.30 bits per heavy atom. The van der Waals surface area contributed by atoms with E-state index in [2.05, 4.69) is 0 Å². The molecule has 1 amide bonds. The highest BCUT2D eigenvalue weighted by Crippen LogP contribution is 2.24. The van der Waals surface area contributed by atoms with Gasteiger partial charge in [0.2, 0.25) is 5.91 Å². The number of benzene rings is 1. The zero-order valence-electron chi connectivity index (χ0n) is 11.9. The van der Waals surface area contributed by atoms with E-state index in [0.717, 1.165) is 11.1 Å². The molecule has 1 aliphatic rings. The number of carbonyl (C=O) groups excluding carboxylic acids is 1. The third kappa shape index (κ3) is 3.17. The minimum absolute atomic E-state index is 0.0967. The molecular formula is C15H20N2O3. The summed E-state index contributed by atoms with van der Waals surface area (Å²) in [5.74, 6) is -1.03. The zero-order valence-corrected chi connectivity index (χ0v) is 11.9. The van der Waals surface area contributed by atoms with E-state index in [0.29, 0.717) is 25.9 Å². The van der Waals surface area contributed by atoms with Crippen LogP contribution in [0.3, 0.4) is 0 Å². The van der Waals surface area contributed by atoms with Gasteiger partial charge in [0.25, 0.3) is 0 Å². The van der Waals surface area contributed by atoms with E-state index in [-0.39, 0.29) is 5.91 Å². The molecule has 1 N–H and O–H groups in total. The monoisotopic (exact) mass is 276 g/mol. The van der Waals surface area contributed by atoms with Crippen LogP contribution < -0.4 is 0 Å². The van der Waals surface area contributed by atoms with Crippen LogP contribution in [0.25, 0.3) is 0 Å². The van der Waals surface area contributed by atoms with Crippen molar-refractivity contribution in [2.45, 2.75) is 25.4 Å². The molecule has 20 heavy (non-hydrogen) atoms. The minimum Gasteiger partial charge on any atom is -0.480 e. The molecule has 0 aromatic heterocycles. The number of carbonyl (C=O) groups is 2. The maximum atomic E-state index is 12.3. The van der Waals surface area contributed by atoms with Crippen LogP contribution >= 0.6 is 0 Å². The van der Waals surface area contributed by atoms with Crippen molar-refractivity contribution in [3.63, 3.8) is 0 Å². The molecule has 1 heterocycles. The molecule has 1 aromatic carbocycles. The van der Waals surface area contributed by atoms with Gasteiger partial charge in [-0.15, -0.1) is 0 Å². The molecule has 1 aliphatic heterocycles. The number of fused-ring (bicyclic) bond motifs is 1. The summed E-state index contributed by atoms with van der Waals surface area (Å²) < 4.78 is 0. The highest BCUT2D eigenvalue weighted by atomic mass is 16.4. The van der Waals surface area contributed by atoms with Crippen molar-refractivity contribution in [2.24, 2.45) is 0 Å². The van der Waals surface area contributed by atoms with Crippen molar-refractivity contribution < 1.29 is 14.7 Å². The smallest absolute Gasteiger partial charge is 0.326 e. The Labute approximate surface area is 118 Å². The lowest BCUT2D eigenvalue weighted by Gasteiger charge is -2.34. The molecule has 0 radical (unpaired) electrons. The quantitative estimate of drug-likeness (QED) is 0.890. The first-order valence-electron chi connectivity index (χ1n) is 6.73. The predicted octanol–water partition coefficient (Wildman–Crippen LogP) is 0.976. The van der Waals surface area contributed by atoms with E-state index in [1.165, 1.54) is 4.90 Å². The van der Waals surface area contributed by atoms with E-state index in [9.17, 15) is 14.7 Å². The first-order chi connectivity index (χ1) is 9.49. The highest BCUT2D eigenvalue weighted by molar-refractivity contribution is 5.84. The van der Waals surface area contributed by atoms with Crippen LogP contribution in [0.5, 0.6) is 0 Å². The third-order valence-electron chi connectivity index (χ3n) is 3.63. The molecule has 5 heteroatoms. The van der Waals surface area contributed by atoms with Crippen LogP contribution in [0.2, 0.25) is 0 Å². The predicted molar refractivity (Wildman–Crippen MR) is 75.3 cm³/mol. The Morgan fingerprint density at radius 3 is 2.55 bits per heavy atom. The summed E-state index contributed by atoms with van der Waals surface area (Å²) in [6.07, 6.45) is 0.734. The number of aliphatic carboxylic acids is 1. The lowest BCUT2D eigenvalue weighted by Crippen LogP contribution is -2.49. The Bertz CT molecular complexity index is 514. The molecule has 108 valence electrons. The summed E-state index contributed by atoms with van der Waals surface area (Å²) in [4.78, 5) is 27.1. The molecule has 0 bridgehead atoms. The van der Waals surface area contributed by atoms with Gasteiger partial charge in [0, 0.05) is 25.9 Å². The van der Waals surface area contributed by atoms with Gasteiger partial charge in [-0.1, -0.05) is 24.3 Å². The van der Waals surface area contributed by atoms with Gasteiger partial charge in [0.1, 0.15) is 6.04 Å². The Kier molecular flexibility index (Phi) is 4.39. The number of carboxylic acid groups (broad SMARTS) is 1. The summed E-state index contributed by atoms with van der Waals surface area (Å²) in [6, 6.07) is 6.97. The Morgan fingerprint density at radius 2 is 1.95 bits per heavy atom. The second-order valence-corrected chi connectivity index (χ2v) is 5.40. The number of rotatable bonds is 4. The average Bonchev–Trinajstić information content (AvgIpc) is 2.43. The number of nitrogens with zero attached hydrogens (tertiary/aromatic N) is 2. The maximum absolute atomic E-state index is 12.3. The van der Waals surface area contributed by atoms with Crippen LogP contribution in [0, 0.1) is 0 Å². The maximum Gasteiger partial charge on any atom is 0.326 e.